The van der Waals surface area contributed by atoms with E-state index in [0.717, 1.165) is 49.0 Å². The number of pyridine rings is 1. The molecule has 4 fully saturated rings. The quantitative estimate of drug-likeness (QED) is 0.235. The third-order valence-electron chi connectivity index (χ3n) is 13.4. The molecule has 3 nitrogen and oxygen atoms in total. The van der Waals surface area contributed by atoms with Crippen LogP contribution in [0.4, 0.5) is 0 Å². The first-order valence-corrected chi connectivity index (χ1v) is 18.0. The Morgan fingerprint density at radius 2 is 1.66 bits per heavy atom. The molecule has 232 valence electrons. The molecule has 1 unspecified atom stereocenters. The van der Waals surface area contributed by atoms with E-state index in [9.17, 15) is 5.11 Å². The average molecular weight is 565 g/mol. The van der Waals surface area contributed by atoms with E-state index in [-0.39, 0.29) is 6.10 Å². The standard InChI is InChI=1S/C38H64N2O/c1-27(2)13-12-14-28(3)32-17-18-33-36-34(20-22-38(32,33)5)37(4)21-19-31(25-29(37)26-35(36)41)40-23-10-7-6-8-15-30-16-9-11-24-39-30/h9,11,16,24,27-29,31-36,40-41H,6-8,10,12-15,17-23,25-26H2,1-5H3/t28-,29?,31+,32+,33-,34-,35+,36-,37-,38+/m0/s1. The number of aromatic nitrogens is 1. The third-order valence-corrected chi connectivity index (χ3v) is 13.4. The summed E-state index contributed by atoms with van der Waals surface area (Å²) in [5.41, 5.74) is 2.13. The molecule has 4 aliphatic carbocycles. The molecule has 41 heavy (non-hydrogen) atoms. The number of nitrogens with one attached hydrogen (secondary N) is 1. The molecule has 5 rings (SSSR count). The summed E-state index contributed by atoms with van der Waals surface area (Å²) in [5, 5.41) is 15.7. The van der Waals surface area contributed by atoms with Crippen LogP contribution in [0.2, 0.25) is 0 Å². The van der Waals surface area contributed by atoms with Gasteiger partial charge in [-0.15, -0.1) is 0 Å². The third kappa shape index (κ3) is 6.92. The predicted octanol–water partition coefficient (Wildman–Crippen LogP) is 9.23. The topological polar surface area (TPSA) is 45.1 Å². The summed E-state index contributed by atoms with van der Waals surface area (Å²) >= 11 is 0. The predicted molar refractivity (Wildman–Crippen MR) is 173 cm³/mol. The Kier molecular flexibility index (Phi) is 10.6. The first-order chi connectivity index (χ1) is 19.7. The van der Waals surface area contributed by atoms with Crippen molar-refractivity contribution in [1.29, 1.82) is 0 Å². The van der Waals surface area contributed by atoms with Gasteiger partial charge in [0.05, 0.1) is 6.10 Å². The van der Waals surface area contributed by atoms with Gasteiger partial charge in [0.1, 0.15) is 0 Å². The van der Waals surface area contributed by atoms with Gasteiger partial charge in [0.2, 0.25) is 0 Å². The van der Waals surface area contributed by atoms with E-state index in [1.165, 1.54) is 95.6 Å². The fourth-order valence-electron chi connectivity index (χ4n) is 11.1. The summed E-state index contributed by atoms with van der Waals surface area (Å²) in [5.74, 6) is 5.27. The number of aliphatic hydroxyl groups is 1. The molecule has 4 aliphatic rings. The smallest absolute Gasteiger partial charge is 0.0577 e. The zero-order valence-corrected chi connectivity index (χ0v) is 27.4. The fourth-order valence-corrected chi connectivity index (χ4v) is 11.1. The molecule has 2 N–H and O–H groups in total. The maximum absolute atomic E-state index is 11.8. The van der Waals surface area contributed by atoms with E-state index in [4.69, 9.17) is 0 Å². The highest BCUT2D eigenvalue weighted by atomic mass is 16.3. The van der Waals surface area contributed by atoms with Gasteiger partial charge in [-0.25, -0.2) is 0 Å². The van der Waals surface area contributed by atoms with E-state index < -0.39 is 0 Å². The lowest BCUT2D eigenvalue weighted by Crippen LogP contribution is -2.59. The number of aryl methyl sites for hydroxylation is 1. The molecule has 0 amide bonds. The highest BCUT2D eigenvalue weighted by molar-refractivity contribution is 5.12. The van der Waals surface area contributed by atoms with Gasteiger partial charge in [-0.05, 0) is 142 Å². The lowest BCUT2D eigenvalue weighted by molar-refractivity contribution is -0.167. The number of unbranched alkanes of at least 4 members (excludes halogenated alkanes) is 3. The van der Waals surface area contributed by atoms with Crippen LogP contribution in [0.5, 0.6) is 0 Å². The van der Waals surface area contributed by atoms with Gasteiger partial charge in [-0.3, -0.25) is 4.98 Å². The molecule has 4 saturated carbocycles. The van der Waals surface area contributed by atoms with Gasteiger partial charge in [0.25, 0.3) is 0 Å². The van der Waals surface area contributed by atoms with Crippen molar-refractivity contribution >= 4 is 0 Å². The van der Waals surface area contributed by atoms with Crippen LogP contribution in [0.3, 0.4) is 0 Å². The van der Waals surface area contributed by atoms with Crippen molar-refractivity contribution in [2.24, 2.45) is 52.3 Å². The van der Waals surface area contributed by atoms with Crippen molar-refractivity contribution in [3.8, 4) is 0 Å². The monoisotopic (exact) mass is 565 g/mol. The van der Waals surface area contributed by atoms with Crippen molar-refractivity contribution in [3.63, 3.8) is 0 Å². The minimum atomic E-state index is -0.0736. The largest absolute Gasteiger partial charge is 0.393 e. The maximum Gasteiger partial charge on any atom is 0.0577 e. The average Bonchev–Trinajstić information content (AvgIpc) is 3.30. The van der Waals surface area contributed by atoms with Gasteiger partial charge in [-0.2, -0.15) is 0 Å². The van der Waals surface area contributed by atoms with Crippen molar-refractivity contribution in [2.75, 3.05) is 6.54 Å². The number of aliphatic hydroxyl groups excluding tert-OH is 1. The summed E-state index contributed by atoms with van der Waals surface area (Å²) in [4.78, 5) is 4.46. The van der Waals surface area contributed by atoms with Crippen LogP contribution in [-0.4, -0.2) is 28.8 Å². The highest BCUT2D eigenvalue weighted by Crippen LogP contribution is 2.68. The van der Waals surface area contributed by atoms with Crippen LogP contribution in [-0.2, 0) is 6.42 Å². The van der Waals surface area contributed by atoms with E-state index in [1.54, 1.807) is 0 Å². The van der Waals surface area contributed by atoms with Crippen LogP contribution in [0.1, 0.15) is 137 Å². The lowest BCUT2D eigenvalue weighted by atomic mass is 9.43. The minimum Gasteiger partial charge on any atom is -0.393 e. The van der Waals surface area contributed by atoms with Crippen LogP contribution in [0.15, 0.2) is 24.4 Å². The van der Waals surface area contributed by atoms with Gasteiger partial charge < -0.3 is 10.4 Å². The minimum absolute atomic E-state index is 0.0736. The van der Waals surface area contributed by atoms with Crippen LogP contribution >= 0.6 is 0 Å². The molecule has 1 aromatic rings. The van der Waals surface area contributed by atoms with Crippen molar-refractivity contribution in [1.82, 2.24) is 10.3 Å². The van der Waals surface area contributed by atoms with Gasteiger partial charge in [0.15, 0.2) is 0 Å². The molecule has 1 aromatic heterocycles. The van der Waals surface area contributed by atoms with Crippen LogP contribution in [0, 0.1) is 52.3 Å². The van der Waals surface area contributed by atoms with E-state index in [2.05, 4.69) is 57.1 Å². The lowest BCUT2D eigenvalue weighted by Gasteiger charge is -2.62. The Labute approximate surface area is 253 Å². The van der Waals surface area contributed by atoms with E-state index >= 15 is 0 Å². The summed E-state index contributed by atoms with van der Waals surface area (Å²) in [6, 6.07) is 6.90. The first-order valence-electron chi connectivity index (χ1n) is 18.0. The number of hydrogen-bond acceptors (Lipinski definition) is 3. The van der Waals surface area contributed by atoms with E-state index in [1.807, 2.05) is 12.3 Å². The SMILES string of the molecule is CC(C)CCC[C@H](C)[C@H]1CC[C@H]2[C@@H]3[C@H](O)CC4C[C@H](NCCCCCCc5ccccn5)CC[C@]4(C)[C@H]3CC[C@]12C. The Morgan fingerprint density at radius 3 is 2.44 bits per heavy atom. The fraction of sp³-hybridized carbons (Fsp3) is 0.868. The van der Waals surface area contributed by atoms with Crippen molar-refractivity contribution < 1.29 is 5.11 Å². The summed E-state index contributed by atoms with van der Waals surface area (Å²) in [7, 11) is 0. The molecule has 0 aliphatic heterocycles. The molecule has 0 saturated heterocycles. The molecular weight excluding hydrogens is 500 g/mol. The number of fused-ring (bicyclic) bond motifs is 5. The molecule has 0 spiro atoms. The van der Waals surface area contributed by atoms with Crippen LogP contribution < -0.4 is 5.32 Å². The Hall–Kier alpha value is -0.930. The number of rotatable bonds is 13. The molecule has 0 radical (unpaired) electrons. The molecule has 3 heteroatoms. The molecule has 0 aromatic carbocycles. The van der Waals surface area contributed by atoms with E-state index in [0.29, 0.717) is 28.7 Å². The highest BCUT2D eigenvalue weighted by Gasteiger charge is 2.62. The first kappa shape index (κ1) is 31.5. The summed E-state index contributed by atoms with van der Waals surface area (Å²) in [6.45, 7) is 13.8. The Morgan fingerprint density at radius 1 is 0.878 bits per heavy atom. The zero-order chi connectivity index (χ0) is 29.0. The second-order valence-corrected chi connectivity index (χ2v) is 16.2. The Bertz CT molecular complexity index is 933. The van der Waals surface area contributed by atoms with Crippen molar-refractivity contribution in [3.05, 3.63) is 30.1 Å². The molecule has 10 atom stereocenters. The molecular formula is C38H64N2O. The second-order valence-electron chi connectivity index (χ2n) is 16.2. The maximum atomic E-state index is 11.8. The Balaban J connectivity index is 1.09. The number of nitrogens with zero attached hydrogens (tertiary/aromatic N) is 1. The molecule has 0 bridgehead atoms. The van der Waals surface area contributed by atoms with Gasteiger partial charge in [-0.1, -0.05) is 72.8 Å². The molecule has 1 heterocycles. The van der Waals surface area contributed by atoms with Gasteiger partial charge in [0, 0.05) is 17.9 Å². The summed E-state index contributed by atoms with van der Waals surface area (Å²) in [6.07, 6.45) is 22.9. The number of hydrogen-bond donors (Lipinski definition) is 2. The second kappa shape index (κ2) is 13.8. The normalized spacial score (nSPS) is 39.2. The zero-order valence-electron chi connectivity index (χ0n) is 27.4. The summed E-state index contributed by atoms with van der Waals surface area (Å²) < 4.78 is 0. The van der Waals surface area contributed by atoms with Crippen LogP contribution in [0.25, 0.3) is 0 Å². The van der Waals surface area contributed by atoms with Gasteiger partial charge >= 0.3 is 0 Å². The van der Waals surface area contributed by atoms with Crippen molar-refractivity contribution in [2.45, 2.75) is 149 Å².